The minimum atomic E-state index is 0.655. The molecule has 108 valence electrons. The predicted molar refractivity (Wildman–Crippen MR) is 87.3 cm³/mol. The van der Waals surface area contributed by atoms with Crippen molar-refractivity contribution in [2.45, 2.75) is 33.2 Å². The van der Waals surface area contributed by atoms with E-state index >= 15 is 0 Å². The van der Waals surface area contributed by atoms with Gasteiger partial charge in [0, 0.05) is 24.2 Å². The first kappa shape index (κ1) is 16.3. The summed E-state index contributed by atoms with van der Waals surface area (Å²) in [6, 6.07) is 0. The lowest BCUT2D eigenvalue weighted by Gasteiger charge is -2.10. The summed E-state index contributed by atoms with van der Waals surface area (Å²) in [6.07, 6.45) is 6.29. The average molecular weight is 300 g/mol. The Kier molecular flexibility index (Phi) is 8.66. The summed E-state index contributed by atoms with van der Waals surface area (Å²) < 4.78 is 0. The lowest BCUT2D eigenvalue weighted by atomic mass is 10.4. The van der Waals surface area contributed by atoms with Crippen molar-refractivity contribution in [2.24, 2.45) is 4.99 Å². The number of aryl methyl sites for hydroxylation is 1. The van der Waals surface area contributed by atoms with Crippen LogP contribution in [0.4, 0.5) is 0 Å². The minimum Gasteiger partial charge on any atom is -0.357 e. The Morgan fingerprint density at radius 1 is 1.42 bits per heavy atom. The van der Waals surface area contributed by atoms with Crippen LogP contribution in [0.15, 0.2) is 11.2 Å². The van der Waals surface area contributed by atoms with Crippen LogP contribution in [0.5, 0.6) is 0 Å². The van der Waals surface area contributed by atoms with Crippen molar-refractivity contribution in [2.75, 3.05) is 25.1 Å². The Hall–Kier alpha value is -0.750. The van der Waals surface area contributed by atoms with Crippen LogP contribution in [-0.2, 0) is 13.0 Å². The summed E-state index contributed by atoms with van der Waals surface area (Å²) in [6.45, 7) is 6.73. The molecule has 0 aliphatic rings. The maximum atomic E-state index is 4.56. The van der Waals surface area contributed by atoms with Crippen LogP contribution >= 0.6 is 23.1 Å². The van der Waals surface area contributed by atoms with Gasteiger partial charge in [0.05, 0.1) is 6.54 Å². The van der Waals surface area contributed by atoms with Gasteiger partial charge in [0.25, 0.3) is 0 Å². The van der Waals surface area contributed by atoms with E-state index in [1.54, 1.807) is 11.3 Å². The van der Waals surface area contributed by atoms with E-state index in [1.807, 2.05) is 18.0 Å². The molecular formula is C13H24N4S2. The second kappa shape index (κ2) is 10.1. The minimum absolute atomic E-state index is 0.655. The molecule has 0 radical (unpaired) electrons. The number of nitrogens with zero attached hydrogens (tertiary/aromatic N) is 2. The van der Waals surface area contributed by atoms with Crippen molar-refractivity contribution in [1.29, 1.82) is 0 Å². The molecule has 1 aromatic rings. The van der Waals surface area contributed by atoms with Gasteiger partial charge in [-0.15, -0.1) is 11.3 Å². The van der Waals surface area contributed by atoms with Crippen molar-refractivity contribution in [3.05, 3.63) is 16.1 Å². The van der Waals surface area contributed by atoms with Gasteiger partial charge in [-0.3, -0.25) is 0 Å². The molecule has 1 rings (SSSR count). The van der Waals surface area contributed by atoms with Gasteiger partial charge < -0.3 is 10.6 Å². The zero-order chi connectivity index (χ0) is 13.9. The van der Waals surface area contributed by atoms with Crippen LogP contribution in [0.3, 0.4) is 0 Å². The van der Waals surface area contributed by atoms with Gasteiger partial charge in [-0.2, -0.15) is 11.8 Å². The molecule has 6 heteroatoms. The highest BCUT2D eigenvalue weighted by atomic mass is 32.2. The van der Waals surface area contributed by atoms with Gasteiger partial charge >= 0.3 is 0 Å². The predicted octanol–water partition coefficient (Wildman–Crippen LogP) is 2.51. The number of aromatic nitrogens is 1. The Morgan fingerprint density at radius 3 is 2.89 bits per heavy atom. The zero-order valence-electron chi connectivity index (χ0n) is 12.0. The number of hydrogen-bond donors (Lipinski definition) is 2. The monoisotopic (exact) mass is 300 g/mol. The fraction of sp³-hybridized carbons (Fsp3) is 0.692. The molecule has 4 nitrogen and oxygen atoms in total. The summed E-state index contributed by atoms with van der Waals surface area (Å²) in [5.41, 5.74) is 0. The number of thioether (sulfide) groups is 1. The number of thiazole rings is 1. The van der Waals surface area contributed by atoms with Crippen LogP contribution in [0.25, 0.3) is 0 Å². The molecule has 0 spiro atoms. The van der Waals surface area contributed by atoms with Crippen LogP contribution in [0, 0.1) is 0 Å². The molecule has 1 heterocycles. The van der Waals surface area contributed by atoms with Crippen LogP contribution in [0.2, 0.25) is 0 Å². The number of guanidine groups is 1. The molecule has 1 aromatic heterocycles. The smallest absolute Gasteiger partial charge is 0.191 e. The van der Waals surface area contributed by atoms with E-state index in [2.05, 4.69) is 40.7 Å². The molecule has 0 bridgehead atoms. The molecule has 19 heavy (non-hydrogen) atoms. The molecule has 0 atom stereocenters. The molecule has 0 aliphatic heterocycles. The van der Waals surface area contributed by atoms with Gasteiger partial charge in [-0.25, -0.2) is 9.98 Å². The van der Waals surface area contributed by atoms with Crippen molar-refractivity contribution in [1.82, 2.24) is 15.6 Å². The SMILES string of the molecule is CCNC(=NCc1ncc(CC)s1)NCCCSC. The largest absolute Gasteiger partial charge is 0.357 e. The van der Waals surface area contributed by atoms with Crippen LogP contribution in [0.1, 0.15) is 30.2 Å². The maximum absolute atomic E-state index is 4.56. The van der Waals surface area contributed by atoms with E-state index in [4.69, 9.17) is 0 Å². The second-order valence-corrected chi connectivity index (χ2v) is 6.23. The van der Waals surface area contributed by atoms with Gasteiger partial charge in [0.15, 0.2) is 5.96 Å². The van der Waals surface area contributed by atoms with Gasteiger partial charge in [-0.05, 0) is 31.8 Å². The fourth-order valence-corrected chi connectivity index (χ4v) is 2.72. The Morgan fingerprint density at radius 2 is 2.26 bits per heavy atom. The normalized spacial score (nSPS) is 11.6. The lowest BCUT2D eigenvalue weighted by molar-refractivity contribution is 0.789. The first-order valence-electron chi connectivity index (χ1n) is 6.74. The molecule has 0 saturated carbocycles. The van der Waals surface area contributed by atoms with Crippen LogP contribution in [-0.4, -0.2) is 36.0 Å². The van der Waals surface area contributed by atoms with Crippen molar-refractivity contribution in [3.63, 3.8) is 0 Å². The third-order valence-electron chi connectivity index (χ3n) is 2.48. The number of rotatable bonds is 8. The lowest BCUT2D eigenvalue weighted by Crippen LogP contribution is -2.37. The molecule has 0 aliphatic carbocycles. The second-order valence-electron chi connectivity index (χ2n) is 4.04. The summed E-state index contributed by atoms with van der Waals surface area (Å²) in [7, 11) is 0. The molecule has 2 N–H and O–H groups in total. The van der Waals surface area contributed by atoms with Gasteiger partial charge in [-0.1, -0.05) is 6.92 Å². The highest BCUT2D eigenvalue weighted by Crippen LogP contribution is 2.13. The topological polar surface area (TPSA) is 49.3 Å². The zero-order valence-corrected chi connectivity index (χ0v) is 13.7. The molecule has 0 saturated heterocycles. The highest BCUT2D eigenvalue weighted by molar-refractivity contribution is 7.98. The highest BCUT2D eigenvalue weighted by Gasteiger charge is 2.01. The van der Waals surface area contributed by atoms with Crippen molar-refractivity contribution >= 4 is 29.1 Å². The van der Waals surface area contributed by atoms with E-state index in [-0.39, 0.29) is 0 Å². The Bertz CT molecular complexity index is 376. The van der Waals surface area contributed by atoms with Crippen molar-refractivity contribution < 1.29 is 0 Å². The Balaban J connectivity index is 2.42. The van der Waals surface area contributed by atoms with Crippen LogP contribution < -0.4 is 10.6 Å². The first-order valence-corrected chi connectivity index (χ1v) is 8.95. The van der Waals surface area contributed by atoms with Gasteiger partial charge in [0.1, 0.15) is 5.01 Å². The van der Waals surface area contributed by atoms with E-state index in [0.29, 0.717) is 6.54 Å². The molecular weight excluding hydrogens is 276 g/mol. The third kappa shape index (κ3) is 6.82. The molecule has 0 aromatic carbocycles. The number of hydrogen-bond acceptors (Lipinski definition) is 4. The molecule has 0 amide bonds. The molecule has 0 fully saturated rings. The van der Waals surface area contributed by atoms with E-state index in [0.717, 1.165) is 36.9 Å². The van der Waals surface area contributed by atoms with E-state index in [9.17, 15) is 0 Å². The third-order valence-corrected chi connectivity index (χ3v) is 4.31. The average Bonchev–Trinajstić information content (AvgIpc) is 2.88. The fourth-order valence-electron chi connectivity index (χ4n) is 1.50. The number of aliphatic imine (C=N–C) groups is 1. The Labute approximate surface area is 124 Å². The van der Waals surface area contributed by atoms with E-state index < -0.39 is 0 Å². The summed E-state index contributed by atoms with van der Waals surface area (Å²) in [5.74, 6) is 2.07. The quantitative estimate of drug-likeness (QED) is 0.440. The summed E-state index contributed by atoms with van der Waals surface area (Å²) in [5, 5.41) is 7.69. The first-order chi connectivity index (χ1) is 9.30. The number of nitrogens with one attached hydrogen (secondary N) is 2. The van der Waals surface area contributed by atoms with Crippen molar-refractivity contribution in [3.8, 4) is 0 Å². The maximum Gasteiger partial charge on any atom is 0.191 e. The van der Waals surface area contributed by atoms with E-state index in [1.165, 1.54) is 10.6 Å². The summed E-state index contributed by atoms with van der Waals surface area (Å²) >= 11 is 3.62. The molecule has 0 unspecified atom stereocenters. The standard InChI is InChI=1S/C13H24N4S2/c1-4-11-9-16-12(19-11)10-17-13(14-5-2)15-7-6-8-18-3/h9H,4-8,10H2,1-3H3,(H2,14,15,17). The van der Waals surface area contributed by atoms with Gasteiger partial charge in [0.2, 0.25) is 0 Å². The summed E-state index contributed by atoms with van der Waals surface area (Å²) in [4.78, 5) is 10.3.